The highest BCUT2D eigenvalue weighted by Gasteiger charge is 2.30. The van der Waals surface area contributed by atoms with Crippen molar-refractivity contribution in [2.24, 2.45) is 0 Å². The number of aliphatic hydroxyl groups is 1. The van der Waals surface area contributed by atoms with Crippen molar-refractivity contribution in [1.82, 2.24) is 9.21 Å². The van der Waals surface area contributed by atoms with Crippen molar-refractivity contribution in [2.75, 3.05) is 39.3 Å². The number of hydrogen-bond acceptors (Lipinski definition) is 5. The lowest BCUT2D eigenvalue weighted by Crippen LogP contribution is -2.50. The average molecular weight is 489 g/mol. The molecule has 1 heterocycles. The van der Waals surface area contributed by atoms with Crippen molar-refractivity contribution >= 4 is 32.4 Å². The molecule has 0 aliphatic carbocycles. The number of benzene rings is 3. The van der Waals surface area contributed by atoms with Gasteiger partial charge in [0, 0.05) is 38.1 Å². The number of aryl methyl sites for hydroxylation is 2. The van der Waals surface area contributed by atoms with E-state index in [0.717, 1.165) is 21.9 Å². The van der Waals surface area contributed by atoms with Crippen LogP contribution < -0.4 is 4.74 Å². The molecule has 0 saturated carbocycles. The van der Waals surface area contributed by atoms with E-state index in [1.165, 1.54) is 4.31 Å². The van der Waals surface area contributed by atoms with Crippen LogP contribution in [0.15, 0.2) is 59.5 Å². The average Bonchev–Trinajstić information content (AvgIpc) is 2.79. The first kappa shape index (κ1) is 24.0. The minimum Gasteiger partial charge on any atom is -0.489 e. The zero-order valence-electron chi connectivity index (χ0n) is 18.9. The predicted octanol–water partition coefficient (Wildman–Crippen LogP) is 3.86. The van der Waals surface area contributed by atoms with Crippen LogP contribution in [0.2, 0.25) is 5.02 Å². The highest BCUT2D eigenvalue weighted by molar-refractivity contribution is 7.89. The van der Waals surface area contributed by atoms with E-state index in [2.05, 4.69) is 4.90 Å². The lowest BCUT2D eigenvalue weighted by Gasteiger charge is -2.35. The molecule has 1 aliphatic heterocycles. The number of rotatable bonds is 7. The van der Waals surface area contributed by atoms with Crippen molar-refractivity contribution in [3.63, 3.8) is 0 Å². The molecule has 1 aliphatic rings. The summed E-state index contributed by atoms with van der Waals surface area (Å²) in [6.07, 6.45) is -0.713. The minimum atomic E-state index is -3.53. The van der Waals surface area contributed by atoms with Crippen molar-refractivity contribution in [3.05, 3.63) is 70.7 Å². The first-order valence-corrected chi connectivity index (χ1v) is 12.9. The molecule has 8 heteroatoms. The number of fused-ring (bicyclic) bond motifs is 1. The maximum absolute atomic E-state index is 13.1. The molecule has 0 spiro atoms. The Morgan fingerprint density at radius 1 is 1.03 bits per heavy atom. The molecule has 0 amide bonds. The lowest BCUT2D eigenvalue weighted by molar-refractivity contribution is 0.0569. The summed E-state index contributed by atoms with van der Waals surface area (Å²) in [4.78, 5) is 2.42. The Morgan fingerprint density at radius 2 is 1.76 bits per heavy atom. The molecule has 3 aromatic rings. The van der Waals surface area contributed by atoms with Crippen LogP contribution in [0.3, 0.4) is 0 Å². The van der Waals surface area contributed by atoms with Crippen LogP contribution in [0, 0.1) is 13.8 Å². The van der Waals surface area contributed by atoms with E-state index in [1.807, 2.05) is 62.4 Å². The van der Waals surface area contributed by atoms with Crippen LogP contribution in [0.25, 0.3) is 10.8 Å². The van der Waals surface area contributed by atoms with Gasteiger partial charge >= 0.3 is 0 Å². The van der Waals surface area contributed by atoms with Crippen LogP contribution in [-0.4, -0.2) is 68.2 Å². The Labute approximate surface area is 200 Å². The molecule has 0 aromatic heterocycles. The Hall–Kier alpha value is -2.16. The van der Waals surface area contributed by atoms with Crippen LogP contribution >= 0.6 is 11.6 Å². The molecule has 0 bridgehead atoms. The maximum atomic E-state index is 13.1. The normalized spacial score (nSPS) is 16.7. The van der Waals surface area contributed by atoms with Gasteiger partial charge in [0.1, 0.15) is 18.5 Å². The lowest BCUT2D eigenvalue weighted by atomic mass is 10.1. The molecule has 1 unspecified atom stereocenters. The van der Waals surface area contributed by atoms with Crippen molar-refractivity contribution in [2.45, 2.75) is 24.8 Å². The van der Waals surface area contributed by atoms with E-state index >= 15 is 0 Å². The Balaban J connectivity index is 1.30. The smallest absolute Gasteiger partial charge is 0.243 e. The van der Waals surface area contributed by atoms with E-state index in [4.69, 9.17) is 16.3 Å². The summed E-state index contributed by atoms with van der Waals surface area (Å²) in [5.74, 6) is 0.541. The van der Waals surface area contributed by atoms with Gasteiger partial charge in [0.05, 0.1) is 9.92 Å². The van der Waals surface area contributed by atoms with Gasteiger partial charge in [-0.25, -0.2) is 8.42 Å². The van der Waals surface area contributed by atoms with Gasteiger partial charge in [-0.15, -0.1) is 0 Å². The second kappa shape index (κ2) is 9.99. The molecule has 1 saturated heterocycles. The van der Waals surface area contributed by atoms with Gasteiger partial charge in [-0.3, -0.25) is 4.90 Å². The summed E-state index contributed by atoms with van der Waals surface area (Å²) >= 11 is 6.47. The fourth-order valence-corrected chi connectivity index (χ4v) is 6.16. The van der Waals surface area contributed by atoms with E-state index in [-0.39, 0.29) is 6.61 Å². The molecule has 33 heavy (non-hydrogen) atoms. The number of halogens is 1. The second-order valence-corrected chi connectivity index (χ2v) is 10.8. The van der Waals surface area contributed by atoms with E-state index < -0.39 is 16.1 Å². The van der Waals surface area contributed by atoms with Gasteiger partial charge in [-0.2, -0.15) is 4.31 Å². The topological polar surface area (TPSA) is 70.1 Å². The zero-order chi connectivity index (χ0) is 23.6. The summed E-state index contributed by atoms with van der Waals surface area (Å²) in [5.41, 5.74) is 1.80. The minimum absolute atomic E-state index is 0.110. The number of aliphatic hydroxyl groups excluding tert-OH is 1. The number of ether oxygens (including phenoxy) is 1. The molecular formula is C25H29ClN2O4S. The number of nitrogens with zero attached hydrogens (tertiary/aromatic N) is 2. The first-order valence-electron chi connectivity index (χ1n) is 11.0. The van der Waals surface area contributed by atoms with Gasteiger partial charge in [-0.05, 0) is 36.9 Å². The van der Waals surface area contributed by atoms with E-state index in [9.17, 15) is 13.5 Å². The van der Waals surface area contributed by atoms with Gasteiger partial charge < -0.3 is 9.84 Å². The van der Waals surface area contributed by atoms with E-state index in [0.29, 0.717) is 48.4 Å². The van der Waals surface area contributed by atoms with Crippen LogP contribution in [-0.2, 0) is 10.0 Å². The predicted molar refractivity (Wildman–Crippen MR) is 132 cm³/mol. The molecular weight excluding hydrogens is 460 g/mol. The second-order valence-electron chi connectivity index (χ2n) is 8.54. The van der Waals surface area contributed by atoms with Crippen LogP contribution in [0.5, 0.6) is 5.75 Å². The molecule has 1 N–H and O–H groups in total. The third kappa shape index (κ3) is 5.34. The van der Waals surface area contributed by atoms with Crippen molar-refractivity contribution < 1.29 is 18.3 Å². The molecule has 6 nitrogen and oxygen atoms in total. The summed E-state index contributed by atoms with van der Waals surface area (Å²) < 4.78 is 33.4. The molecule has 1 fully saturated rings. The van der Waals surface area contributed by atoms with Crippen LogP contribution in [0.4, 0.5) is 0 Å². The summed E-state index contributed by atoms with van der Waals surface area (Å²) in [6.45, 7) is 6.18. The third-order valence-electron chi connectivity index (χ3n) is 6.01. The quantitative estimate of drug-likeness (QED) is 0.547. The number of hydrogen-bond donors (Lipinski definition) is 1. The summed E-state index contributed by atoms with van der Waals surface area (Å²) in [6, 6.07) is 17.0. The third-order valence-corrected chi connectivity index (χ3v) is 8.46. The number of sulfonamides is 1. The van der Waals surface area contributed by atoms with Crippen LogP contribution in [0.1, 0.15) is 11.1 Å². The van der Waals surface area contributed by atoms with Gasteiger partial charge in [-0.1, -0.05) is 59.6 Å². The molecule has 3 aromatic carbocycles. The largest absolute Gasteiger partial charge is 0.489 e. The molecule has 176 valence electrons. The van der Waals surface area contributed by atoms with Crippen molar-refractivity contribution in [3.8, 4) is 5.75 Å². The van der Waals surface area contributed by atoms with E-state index in [1.54, 1.807) is 6.07 Å². The monoisotopic (exact) mass is 488 g/mol. The summed E-state index contributed by atoms with van der Waals surface area (Å²) in [5, 5.41) is 13.0. The molecule has 0 radical (unpaired) electrons. The standard InChI is InChI=1S/C25H29ClN2O4S/c1-18-7-10-24(19(2)15-18)33(30,31)28-13-11-27(12-14-28)16-21(29)17-32-23-9-8-20-5-3-4-6-22(20)25(23)26/h3-10,15,21,29H,11-14,16-17H2,1-2H3. The van der Waals surface area contributed by atoms with Gasteiger partial charge in [0.25, 0.3) is 0 Å². The Morgan fingerprint density at radius 3 is 2.48 bits per heavy atom. The van der Waals surface area contributed by atoms with Gasteiger partial charge in [0.2, 0.25) is 10.0 Å². The Bertz CT molecular complexity index is 1240. The SMILES string of the molecule is Cc1ccc(S(=O)(=O)N2CCN(CC(O)COc3ccc4ccccc4c3Cl)CC2)c(C)c1. The van der Waals surface area contributed by atoms with Gasteiger partial charge in [0.15, 0.2) is 0 Å². The fraction of sp³-hybridized carbons (Fsp3) is 0.360. The number of β-amino-alcohol motifs (C(OH)–C–C–N with tert-alkyl or cyclic N) is 1. The highest BCUT2D eigenvalue weighted by Crippen LogP contribution is 2.32. The fourth-order valence-electron chi connectivity index (χ4n) is 4.24. The first-order chi connectivity index (χ1) is 15.8. The zero-order valence-corrected chi connectivity index (χ0v) is 20.4. The Kier molecular flexibility index (Phi) is 7.26. The number of piperazine rings is 1. The van der Waals surface area contributed by atoms with Crippen molar-refractivity contribution in [1.29, 1.82) is 0 Å². The summed E-state index contributed by atoms with van der Waals surface area (Å²) in [7, 11) is -3.53. The molecule has 4 rings (SSSR count). The molecule has 1 atom stereocenters. The highest BCUT2D eigenvalue weighted by atomic mass is 35.5. The maximum Gasteiger partial charge on any atom is 0.243 e.